The van der Waals surface area contributed by atoms with Gasteiger partial charge in [-0.25, -0.2) is 16.8 Å². The van der Waals surface area contributed by atoms with Crippen molar-refractivity contribution in [1.29, 1.82) is 0 Å². The zero-order valence-corrected chi connectivity index (χ0v) is 46.3. The number of hydrogen-bond donors (Lipinski definition) is 0. The molecule has 64 heavy (non-hydrogen) atoms. The molecule has 390 valence electrons. The Morgan fingerprint density at radius 1 is 0.250 bits per heavy atom. The highest BCUT2D eigenvalue weighted by Gasteiger charge is 2.21. The fraction of sp³-hybridized carbons (Fsp3) is 1.00. The van der Waals surface area contributed by atoms with Crippen molar-refractivity contribution in [2.45, 2.75) is 286 Å². The summed E-state index contributed by atoms with van der Waals surface area (Å²) >= 11 is 0. The van der Waals surface area contributed by atoms with Crippen molar-refractivity contribution in [2.24, 2.45) is 0 Å². The fourth-order valence-corrected chi connectivity index (χ4v) is 9.99. The minimum Gasteiger partial charge on any atom is -0.748 e. The van der Waals surface area contributed by atoms with E-state index in [9.17, 15) is 25.9 Å². The molecule has 0 rings (SSSR count). The van der Waals surface area contributed by atoms with E-state index >= 15 is 0 Å². The van der Waals surface area contributed by atoms with Crippen molar-refractivity contribution in [3.63, 3.8) is 0 Å². The van der Waals surface area contributed by atoms with Crippen LogP contribution in [0.25, 0.3) is 0 Å². The largest absolute Gasteiger partial charge is 0.748 e. The third kappa shape index (κ3) is 57.9. The highest BCUT2D eigenvalue weighted by molar-refractivity contribution is 7.86. The normalized spacial score (nSPS) is 12.2. The number of nitrogens with zero attached hydrogens (tertiary/aromatic N) is 2. The minimum absolute atomic E-state index is 0.0900. The molecule has 0 unspecified atom stereocenters. The predicted octanol–water partition coefficient (Wildman–Crippen LogP) is 15.9. The van der Waals surface area contributed by atoms with Crippen molar-refractivity contribution >= 4 is 20.2 Å². The standard InChI is InChI=1S/2C25H54N.C4H10O6S2/c2*1-5-8-11-14-17-20-23-26(4,24-21-18-15-12-9-6-2)25-22-19-16-13-10-7-3;5-11(6,7)3-1-2-4-12(8,9)10/h2*5-25H2,1-4H3;1-4H2,(H,5,6,7)(H,8,9,10)/q2*+1;/p-2. The van der Waals surface area contributed by atoms with Crippen LogP contribution in [0.2, 0.25) is 0 Å². The second-order valence-electron chi connectivity index (χ2n) is 20.4. The zero-order valence-electron chi connectivity index (χ0n) is 44.7. The van der Waals surface area contributed by atoms with Gasteiger partial charge < -0.3 is 18.1 Å². The first-order valence-electron chi connectivity index (χ1n) is 28.1. The van der Waals surface area contributed by atoms with E-state index in [0.29, 0.717) is 0 Å². The molecule has 0 saturated carbocycles. The van der Waals surface area contributed by atoms with E-state index in [1.807, 2.05) is 0 Å². The first-order valence-corrected chi connectivity index (χ1v) is 31.3. The molecule has 0 N–H and O–H groups in total. The van der Waals surface area contributed by atoms with Crippen LogP contribution in [0.1, 0.15) is 286 Å². The monoisotopic (exact) mass is 953 g/mol. The van der Waals surface area contributed by atoms with Gasteiger partial charge in [0.1, 0.15) is 0 Å². The predicted molar refractivity (Wildman–Crippen MR) is 280 cm³/mol. The van der Waals surface area contributed by atoms with Crippen molar-refractivity contribution in [2.75, 3.05) is 64.9 Å². The molecule has 0 aromatic carbocycles. The molecule has 0 atom stereocenters. The van der Waals surface area contributed by atoms with Crippen LogP contribution in [0.15, 0.2) is 0 Å². The van der Waals surface area contributed by atoms with Gasteiger partial charge in [-0.05, 0) is 89.9 Å². The topological polar surface area (TPSA) is 114 Å². The third-order valence-corrected chi connectivity index (χ3v) is 14.9. The molecule has 0 heterocycles. The Balaban J connectivity index is -0.000000932. The van der Waals surface area contributed by atoms with Gasteiger partial charge in [0.15, 0.2) is 0 Å². The summed E-state index contributed by atoms with van der Waals surface area (Å²) in [5.41, 5.74) is 0. The summed E-state index contributed by atoms with van der Waals surface area (Å²) in [6.07, 6.45) is 51.5. The molecule has 0 bridgehead atoms. The molecular weight excluding hydrogens is 837 g/mol. The lowest BCUT2D eigenvalue weighted by Gasteiger charge is -2.35. The maximum atomic E-state index is 9.97. The Kier molecular flexibility index (Phi) is 52.2. The molecule has 0 aromatic heterocycles. The Hall–Kier alpha value is -0.260. The van der Waals surface area contributed by atoms with E-state index in [4.69, 9.17) is 0 Å². The molecular formula is C54H116N2O6S2. The first kappa shape index (κ1) is 68.0. The fourth-order valence-electron chi connectivity index (χ4n) is 8.87. The van der Waals surface area contributed by atoms with Crippen LogP contribution in [0.3, 0.4) is 0 Å². The molecule has 0 saturated heterocycles. The van der Waals surface area contributed by atoms with Gasteiger partial charge in [-0.2, -0.15) is 0 Å². The van der Waals surface area contributed by atoms with Crippen molar-refractivity contribution in [1.82, 2.24) is 0 Å². The van der Waals surface area contributed by atoms with Crippen LogP contribution in [0.5, 0.6) is 0 Å². The molecule has 10 heteroatoms. The van der Waals surface area contributed by atoms with E-state index < -0.39 is 31.7 Å². The minimum atomic E-state index is -4.29. The van der Waals surface area contributed by atoms with Gasteiger partial charge in [-0.3, -0.25) is 0 Å². The van der Waals surface area contributed by atoms with Crippen LogP contribution < -0.4 is 0 Å². The molecule has 0 radical (unpaired) electrons. The van der Waals surface area contributed by atoms with Crippen LogP contribution in [0, 0.1) is 0 Å². The summed E-state index contributed by atoms with van der Waals surface area (Å²) < 4.78 is 62.5. The third-order valence-electron chi connectivity index (χ3n) is 13.3. The van der Waals surface area contributed by atoms with E-state index in [0.717, 1.165) is 0 Å². The maximum Gasteiger partial charge on any atom is 0.0945 e. The van der Waals surface area contributed by atoms with Gasteiger partial charge in [0, 0.05) is 11.5 Å². The number of hydrogen-bond acceptors (Lipinski definition) is 6. The average molecular weight is 954 g/mol. The molecule has 0 aromatic rings. The maximum absolute atomic E-state index is 9.97. The average Bonchev–Trinajstić information content (AvgIpc) is 3.24. The van der Waals surface area contributed by atoms with Crippen LogP contribution in [-0.2, 0) is 20.2 Å². The van der Waals surface area contributed by atoms with Crippen molar-refractivity contribution < 1.29 is 34.9 Å². The summed E-state index contributed by atoms with van der Waals surface area (Å²) in [7, 11) is -3.46. The van der Waals surface area contributed by atoms with Gasteiger partial charge in [-0.1, -0.05) is 196 Å². The van der Waals surface area contributed by atoms with E-state index in [1.54, 1.807) is 0 Å². The SMILES string of the molecule is CCCCCCCC[N+](C)(CCCCCCCC)CCCCCCCC.CCCCCCCC[N+](C)(CCCCCCCC)CCCCCCCC.O=S(=O)([O-])CCCCS(=O)(=O)[O-]. The number of rotatable bonds is 47. The molecule has 0 spiro atoms. The quantitative estimate of drug-likeness (QED) is 0.0341. The zero-order chi connectivity index (χ0) is 48.5. The molecule has 8 nitrogen and oxygen atoms in total. The van der Waals surface area contributed by atoms with E-state index in [1.165, 1.54) is 279 Å². The van der Waals surface area contributed by atoms with Crippen LogP contribution in [-0.4, -0.2) is 99.8 Å². The first-order chi connectivity index (χ1) is 30.6. The number of quaternary nitrogens is 2. The van der Waals surface area contributed by atoms with Crippen molar-refractivity contribution in [3.05, 3.63) is 0 Å². The van der Waals surface area contributed by atoms with Gasteiger partial charge in [0.25, 0.3) is 0 Å². The summed E-state index contributed by atoms with van der Waals surface area (Å²) in [5, 5.41) is 0. The summed E-state index contributed by atoms with van der Waals surface area (Å²) in [6, 6.07) is 0. The molecule has 0 aliphatic carbocycles. The second-order valence-corrected chi connectivity index (χ2v) is 23.5. The lowest BCUT2D eigenvalue weighted by molar-refractivity contribution is -0.910. The van der Waals surface area contributed by atoms with Crippen LogP contribution in [0.4, 0.5) is 0 Å². The second kappa shape index (κ2) is 49.2. The lowest BCUT2D eigenvalue weighted by atomic mass is 10.1. The highest BCUT2D eigenvalue weighted by atomic mass is 32.2. The Bertz CT molecular complexity index is 965. The van der Waals surface area contributed by atoms with Gasteiger partial charge >= 0.3 is 0 Å². The Morgan fingerprint density at radius 3 is 0.531 bits per heavy atom. The summed E-state index contributed by atoms with van der Waals surface area (Å²) in [5.74, 6) is -1.24. The summed E-state index contributed by atoms with van der Waals surface area (Å²) in [6.45, 7) is 22.4. The van der Waals surface area contributed by atoms with Gasteiger partial charge in [0.2, 0.25) is 0 Å². The molecule has 0 fully saturated rings. The van der Waals surface area contributed by atoms with Gasteiger partial charge in [-0.15, -0.1) is 0 Å². The highest BCUT2D eigenvalue weighted by Crippen LogP contribution is 2.18. The Labute approximate surface area is 403 Å². The number of unbranched alkanes of at least 4 members (excludes halogenated alkanes) is 31. The van der Waals surface area contributed by atoms with Gasteiger partial charge in [0.05, 0.1) is 73.6 Å². The van der Waals surface area contributed by atoms with E-state index in [2.05, 4.69) is 55.6 Å². The smallest absolute Gasteiger partial charge is 0.0945 e. The lowest BCUT2D eigenvalue weighted by Crippen LogP contribution is -2.46. The molecule has 0 aliphatic heterocycles. The van der Waals surface area contributed by atoms with Crippen LogP contribution >= 0.6 is 0 Å². The Morgan fingerprint density at radius 2 is 0.391 bits per heavy atom. The van der Waals surface area contributed by atoms with E-state index in [-0.39, 0.29) is 12.8 Å². The van der Waals surface area contributed by atoms with Crippen molar-refractivity contribution in [3.8, 4) is 0 Å². The molecule has 0 amide bonds. The summed E-state index contributed by atoms with van der Waals surface area (Å²) in [4.78, 5) is 0. The molecule has 0 aliphatic rings.